The summed E-state index contributed by atoms with van der Waals surface area (Å²) in [6, 6.07) is 9.67. The summed E-state index contributed by atoms with van der Waals surface area (Å²) < 4.78 is 11.1. The Kier molecular flexibility index (Phi) is 4.81. The van der Waals surface area contributed by atoms with Crippen LogP contribution in [0.3, 0.4) is 0 Å². The molecule has 6 nitrogen and oxygen atoms in total. The van der Waals surface area contributed by atoms with E-state index in [1.807, 2.05) is 54.5 Å². The van der Waals surface area contributed by atoms with Gasteiger partial charge < -0.3 is 14.1 Å². The van der Waals surface area contributed by atoms with Crippen molar-refractivity contribution in [2.24, 2.45) is 0 Å². The van der Waals surface area contributed by atoms with Gasteiger partial charge in [0.05, 0.1) is 7.11 Å². The molecule has 0 saturated carbocycles. The number of ether oxygens (including phenoxy) is 1. The van der Waals surface area contributed by atoms with E-state index in [4.69, 9.17) is 9.15 Å². The number of methoxy groups -OCH3 is 1. The Balaban J connectivity index is 1.45. The normalized spacial score (nSPS) is 15.3. The van der Waals surface area contributed by atoms with Gasteiger partial charge in [0.25, 0.3) is 5.91 Å². The maximum atomic E-state index is 13.0. The van der Waals surface area contributed by atoms with Crippen LogP contribution in [0, 0.1) is 6.92 Å². The zero-order chi connectivity index (χ0) is 18.8. The van der Waals surface area contributed by atoms with Gasteiger partial charge in [-0.3, -0.25) is 14.7 Å². The van der Waals surface area contributed by atoms with Gasteiger partial charge in [0.1, 0.15) is 11.3 Å². The third-order valence-corrected chi connectivity index (χ3v) is 5.15. The summed E-state index contributed by atoms with van der Waals surface area (Å²) >= 11 is 0. The van der Waals surface area contributed by atoms with E-state index in [2.05, 4.69) is 9.88 Å². The van der Waals surface area contributed by atoms with E-state index in [1.54, 1.807) is 7.11 Å². The quantitative estimate of drug-likeness (QED) is 0.711. The molecule has 0 aliphatic carbocycles. The number of hydrogen-bond acceptors (Lipinski definition) is 5. The molecule has 2 aromatic heterocycles. The highest BCUT2D eigenvalue weighted by Gasteiger charge is 2.26. The number of rotatable bonds is 4. The van der Waals surface area contributed by atoms with Crippen LogP contribution in [0.15, 0.2) is 47.1 Å². The number of fused-ring (bicyclic) bond motifs is 1. The zero-order valence-electron chi connectivity index (χ0n) is 15.6. The number of piperazine rings is 1. The van der Waals surface area contributed by atoms with Crippen LogP contribution in [0.4, 0.5) is 0 Å². The van der Waals surface area contributed by atoms with E-state index in [1.165, 1.54) is 5.56 Å². The number of aryl methyl sites for hydroxylation is 1. The summed E-state index contributed by atoms with van der Waals surface area (Å²) in [5.41, 5.74) is 2.83. The number of aromatic nitrogens is 1. The summed E-state index contributed by atoms with van der Waals surface area (Å²) in [6.07, 6.45) is 3.63. The number of furan rings is 1. The second-order valence-corrected chi connectivity index (χ2v) is 6.84. The van der Waals surface area contributed by atoms with Crippen LogP contribution >= 0.6 is 0 Å². The van der Waals surface area contributed by atoms with E-state index < -0.39 is 0 Å². The van der Waals surface area contributed by atoms with Crippen LogP contribution in [-0.4, -0.2) is 54.0 Å². The molecule has 0 N–H and O–H groups in total. The fraction of sp³-hybridized carbons (Fsp3) is 0.333. The first kappa shape index (κ1) is 17.5. The maximum absolute atomic E-state index is 13.0. The molecule has 6 heteroatoms. The Morgan fingerprint density at radius 2 is 1.89 bits per heavy atom. The molecular weight excluding hydrogens is 342 g/mol. The first-order valence-corrected chi connectivity index (χ1v) is 9.13. The minimum atomic E-state index is -0.0359. The van der Waals surface area contributed by atoms with Crippen molar-refractivity contribution in [1.82, 2.24) is 14.8 Å². The summed E-state index contributed by atoms with van der Waals surface area (Å²) in [5.74, 6) is 1.15. The summed E-state index contributed by atoms with van der Waals surface area (Å²) in [6.45, 7) is 5.90. The fourth-order valence-electron chi connectivity index (χ4n) is 3.53. The van der Waals surface area contributed by atoms with Crippen molar-refractivity contribution in [1.29, 1.82) is 0 Å². The van der Waals surface area contributed by atoms with Gasteiger partial charge in [-0.25, -0.2) is 0 Å². The zero-order valence-corrected chi connectivity index (χ0v) is 15.6. The van der Waals surface area contributed by atoms with Gasteiger partial charge in [-0.2, -0.15) is 0 Å². The lowest BCUT2D eigenvalue weighted by Gasteiger charge is -2.34. The first-order chi connectivity index (χ1) is 13.2. The molecule has 1 fully saturated rings. The van der Waals surface area contributed by atoms with Crippen LogP contribution in [0.5, 0.6) is 5.75 Å². The highest BCUT2D eigenvalue weighted by molar-refractivity contribution is 5.99. The molecule has 1 aromatic carbocycles. The number of amides is 1. The Labute approximate surface area is 158 Å². The van der Waals surface area contributed by atoms with Crippen molar-refractivity contribution in [2.45, 2.75) is 13.5 Å². The van der Waals surface area contributed by atoms with Crippen LogP contribution in [-0.2, 0) is 6.54 Å². The SMILES string of the molecule is COc1ccc2oc(C(=O)N3CCN(Cc4ccncc4)CC3)c(C)c2c1. The lowest BCUT2D eigenvalue weighted by atomic mass is 10.1. The van der Waals surface area contributed by atoms with Crippen LogP contribution in [0.2, 0.25) is 0 Å². The monoisotopic (exact) mass is 365 g/mol. The van der Waals surface area contributed by atoms with E-state index in [-0.39, 0.29) is 5.91 Å². The number of hydrogen-bond donors (Lipinski definition) is 0. The smallest absolute Gasteiger partial charge is 0.289 e. The molecule has 1 aliphatic heterocycles. The highest BCUT2D eigenvalue weighted by Crippen LogP contribution is 2.29. The topological polar surface area (TPSA) is 58.8 Å². The number of pyridine rings is 1. The minimum Gasteiger partial charge on any atom is -0.497 e. The molecule has 1 amide bonds. The largest absolute Gasteiger partial charge is 0.497 e. The molecular formula is C21H23N3O3. The Morgan fingerprint density at radius 3 is 2.59 bits per heavy atom. The average Bonchev–Trinajstić information content (AvgIpc) is 3.05. The van der Waals surface area contributed by atoms with Gasteiger partial charge in [0, 0.05) is 56.1 Å². The summed E-state index contributed by atoms with van der Waals surface area (Å²) in [4.78, 5) is 21.3. The molecule has 4 rings (SSSR count). The molecule has 1 saturated heterocycles. The standard InChI is InChI=1S/C21H23N3O3/c1-15-18-13-17(26-2)3-4-19(18)27-20(15)21(25)24-11-9-23(10-12-24)14-16-5-7-22-8-6-16/h3-8,13H,9-12,14H2,1-2H3. The van der Waals surface area contributed by atoms with E-state index in [0.29, 0.717) is 24.4 Å². The molecule has 3 aromatic rings. The van der Waals surface area contributed by atoms with Gasteiger partial charge in [-0.05, 0) is 42.8 Å². The van der Waals surface area contributed by atoms with E-state index >= 15 is 0 Å². The van der Waals surface area contributed by atoms with Gasteiger partial charge in [-0.15, -0.1) is 0 Å². The minimum absolute atomic E-state index is 0.0359. The van der Waals surface area contributed by atoms with Crippen LogP contribution in [0.25, 0.3) is 11.0 Å². The maximum Gasteiger partial charge on any atom is 0.289 e. The van der Waals surface area contributed by atoms with Crippen molar-refractivity contribution >= 4 is 16.9 Å². The van der Waals surface area contributed by atoms with Gasteiger partial charge in [0.15, 0.2) is 5.76 Å². The van der Waals surface area contributed by atoms with Crippen molar-refractivity contribution in [3.05, 3.63) is 59.6 Å². The molecule has 0 atom stereocenters. The van der Waals surface area contributed by atoms with Crippen molar-refractivity contribution in [3.8, 4) is 5.75 Å². The predicted molar refractivity (Wildman–Crippen MR) is 103 cm³/mol. The van der Waals surface area contributed by atoms with Crippen molar-refractivity contribution < 1.29 is 13.9 Å². The molecule has 0 spiro atoms. The molecule has 1 aliphatic rings. The summed E-state index contributed by atoms with van der Waals surface area (Å²) in [5, 5.41) is 0.925. The lowest BCUT2D eigenvalue weighted by Crippen LogP contribution is -2.48. The van der Waals surface area contributed by atoms with Crippen molar-refractivity contribution in [2.75, 3.05) is 33.3 Å². The number of benzene rings is 1. The first-order valence-electron chi connectivity index (χ1n) is 9.13. The van der Waals surface area contributed by atoms with E-state index in [9.17, 15) is 4.79 Å². The molecule has 0 radical (unpaired) electrons. The highest BCUT2D eigenvalue weighted by atomic mass is 16.5. The average molecular weight is 365 g/mol. The number of carbonyl (C=O) groups excluding carboxylic acids is 1. The molecule has 140 valence electrons. The molecule has 0 bridgehead atoms. The van der Waals surface area contributed by atoms with Crippen LogP contribution < -0.4 is 4.74 Å². The molecule has 0 unspecified atom stereocenters. The van der Waals surface area contributed by atoms with E-state index in [0.717, 1.165) is 36.3 Å². The Bertz CT molecular complexity index is 944. The van der Waals surface area contributed by atoms with Gasteiger partial charge >= 0.3 is 0 Å². The molecule has 3 heterocycles. The van der Waals surface area contributed by atoms with Gasteiger partial charge in [-0.1, -0.05) is 0 Å². The van der Waals surface area contributed by atoms with Crippen LogP contribution in [0.1, 0.15) is 21.7 Å². The van der Waals surface area contributed by atoms with Gasteiger partial charge in [0.2, 0.25) is 0 Å². The molecule has 27 heavy (non-hydrogen) atoms. The second-order valence-electron chi connectivity index (χ2n) is 6.84. The van der Waals surface area contributed by atoms with Crippen molar-refractivity contribution in [3.63, 3.8) is 0 Å². The Morgan fingerprint density at radius 1 is 1.15 bits per heavy atom. The Hall–Kier alpha value is -2.86. The number of carbonyl (C=O) groups is 1. The third-order valence-electron chi connectivity index (χ3n) is 5.15. The predicted octanol–water partition coefficient (Wildman–Crippen LogP) is 3.10. The fourth-order valence-corrected chi connectivity index (χ4v) is 3.53. The number of nitrogens with zero attached hydrogens (tertiary/aromatic N) is 3. The summed E-state index contributed by atoms with van der Waals surface area (Å²) in [7, 11) is 1.63. The second kappa shape index (κ2) is 7.40. The third kappa shape index (κ3) is 3.53. The lowest BCUT2D eigenvalue weighted by molar-refractivity contribution is 0.0599.